The molecular weight excluding hydrogens is 210 g/mol. The monoisotopic (exact) mass is 237 g/mol. The van der Waals surface area contributed by atoms with Crippen molar-refractivity contribution >= 4 is 0 Å². The van der Waals surface area contributed by atoms with Crippen molar-refractivity contribution in [3.8, 4) is 0 Å². The molecule has 1 aromatic rings. The van der Waals surface area contributed by atoms with Crippen LogP contribution < -0.4 is 0 Å². The SMILES string of the molecule is CCCC(O)c1ccn(CC(C)CC(C)C)c1. The minimum atomic E-state index is -0.290. The van der Waals surface area contributed by atoms with Crippen molar-refractivity contribution in [2.24, 2.45) is 11.8 Å². The number of aliphatic hydroxyl groups excluding tert-OH is 1. The van der Waals surface area contributed by atoms with Gasteiger partial charge in [-0.15, -0.1) is 0 Å². The minimum absolute atomic E-state index is 0.290. The standard InChI is InChI=1S/C15H27NO/c1-5-6-15(17)14-7-8-16(11-14)10-13(4)9-12(2)3/h7-8,11-13,15,17H,5-6,9-10H2,1-4H3. The second-order valence-corrected chi connectivity index (χ2v) is 5.68. The van der Waals surface area contributed by atoms with Gasteiger partial charge in [-0.3, -0.25) is 0 Å². The molecule has 0 aliphatic carbocycles. The molecule has 1 heterocycles. The van der Waals surface area contributed by atoms with Gasteiger partial charge in [-0.1, -0.05) is 34.1 Å². The van der Waals surface area contributed by atoms with E-state index in [0.717, 1.165) is 30.9 Å². The zero-order chi connectivity index (χ0) is 12.8. The first-order valence-corrected chi connectivity index (χ1v) is 6.86. The normalized spacial score (nSPS) is 15.2. The molecule has 0 amide bonds. The predicted octanol–water partition coefficient (Wildman–Crippen LogP) is 4.00. The average Bonchev–Trinajstić information content (AvgIpc) is 2.65. The summed E-state index contributed by atoms with van der Waals surface area (Å²) in [4.78, 5) is 0. The Morgan fingerprint density at radius 2 is 2.00 bits per heavy atom. The van der Waals surface area contributed by atoms with Gasteiger partial charge in [-0.2, -0.15) is 0 Å². The van der Waals surface area contributed by atoms with Crippen LogP contribution in [0.15, 0.2) is 18.5 Å². The van der Waals surface area contributed by atoms with Crippen LogP contribution in [0.3, 0.4) is 0 Å². The Bertz CT molecular complexity index is 316. The summed E-state index contributed by atoms with van der Waals surface area (Å²) < 4.78 is 2.21. The lowest BCUT2D eigenvalue weighted by Crippen LogP contribution is -2.08. The van der Waals surface area contributed by atoms with E-state index in [1.165, 1.54) is 6.42 Å². The maximum atomic E-state index is 9.90. The molecule has 1 aromatic heterocycles. The molecule has 1 N–H and O–H groups in total. The van der Waals surface area contributed by atoms with Crippen LogP contribution in [-0.2, 0) is 6.54 Å². The summed E-state index contributed by atoms with van der Waals surface area (Å²) in [7, 11) is 0. The van der Waals surface area contributed by atoms with Crippen molar-refractivity contribution < 1.29 is 5.11 Å². The van der Waals surface area contributed by atoms with E-state index >= 15 is 0 Å². The molecule has 0 saturated heterocycles. The van der Waals surface area contributed by atoms with Crippen molar-refractivity contribution in [3.63, 3.8) is 0 Å². The van der Waals surface area contributed by atoms with Crippen LogP contribution in [0.4, 0.5) is 0 Å². The topological polar surface area (TPSA) is 25.2 Å². The van der Waals surface area contributed by atoms with E-state index in [-0.39, 0.29) is 6.10 Å². The molecule has 0 aliphatic heterocycles. The number of nitrogens with zero attached hydrogens (tertiary/aromatic N) is 1. The fourth-order valence-electron chi connectivity index (χ4n) is 2.45. The van der Waals surface area contributed by atoms with Crippen LogP contribution in [0.2, 0.25) is 0 Å². The number of hydrogen-bond donors (Lipinski definition) is 1. The highest BCUT2D eigenvalue weighted by atomic mass is 16.3. The smallest absolute Gasteiger partial charge is 0.0804 e. The third-order valence-corrected chi connectivity index (χ3v) is 3.12. The molecule has 2 atom stereocenters. The zero-order valence-electron chi connectivity index (χ0n) is 11.7. The largest absolute Gasteiger partial charge is 0.388 e. The van der Waals surface area contributed by atoms with Gasteiger partial charge in [-0.05, 0) is 36.3 Å². The van der Waals surface area contributed by atoms with E-state index in [2.05, 4.69) is 44.7 Å². The Hall–Kier alpha value is -0.760. The first kappa shape index (κ1) is 14.3. The first-order valence-electron chi connectivity index (χ1n) is 6.86. The van der Waals surface area contributed by atoms with Crippen molar-refractivity contribution in [2.45, 2.75) is 59.6 Å². The lowest BCUT2D eigenvalue weighted by molar-refractivity contribution is 0.166. The highest BCUT2D eigenvalue weighted by molar-refractivity contribution is 5.13. The molecule has 0 fully saturated rings. The van der Waals surface area contributed by atoms with Gasteiger partial charge in [0.15, 0.2) is 0 Å². The highest BCUT2D eigenvalue weighted by Crippen LogP contribution is 2.20. The molecule has 17 heavy (non-hydrogen) atoms. The molecule has 0 aliphatic rings. The molecule has 1 rings (SSSR count). The molecule has 2 nitrogen and oxygen atoms in total. The number of rotatable bonds is 7. The van der Waals surface area contributed by atoms with Gasteiger partial charge < -0.3 is 9.67 Å². The molecule has 0 radical (unpaired) electrons. The van der Waals surface area contributed by atoms with Gasteiger partial charge in [0.25, 0.3) is 0 Å². The quantitative estimate of drug-likeness (QED) is 0.761. The molecule has 0 aromatic carbocycles. The highest BCUT2D eigenvalue weighted by Gasteiger charge is 2.10. The van der Waals surface area contributed by atoms with Crippen LogP contribution in [0.5, 0.6) is 0 Å². The van der Waals surface area contributed by atoms with Gasteiger partial charge in [0, 0.05) is 18.9 Å². The summed E-state index contributed by atoms with van der Waals surface area (Å²) in [5.74, 6) is 1.45. The molecule has 2 unspecified atom stereocenters. The first-order chi connectivity index (χ1) is 8.02. The van der Waals surface area contributed by atoms with Crippen molar-refractivity contribution in [1.29, 1.82) is 0 Å². The van der Waals surface area contributed by atoms with Crippen molar-refractivity contribution in [3.05, 3.63) is 24.0 Å². The molecule has 2 heteroatoms. The van der Waals surface area contributed by atoms with Gasteiger partial charge in [0.05, 0.1) is 6.10 Å². The summed E-state index contributed by atoms with van der Waals surface area (Å²) in [5.41, 5.74) is 1.06. The van der Waals surface area contributed by atoms with E-state index in [1.807, 2.05) is 6.07 Å². The average molecular weight is 237 g/mol. The Morgan fingerprint density at radius 1 is 1.29 bits per heavy atom. The summed E-state index contributed by atoms with van der Waals surface area (Å²) in [5, 5.41) is 9.90. The van der Waals surface area contributed by atoms with E-state index in [1.54, 1.807) is 0 Å². The zero-order valence-corrected chi connectivity index (χ0v) is 11.7. The molecule has 98 valence electrons. The van der Waals surface area contributed by atoms with Crippen LogP contribution in [-0.4, -0.2) is 9.67 Å². The third kappa shape index (κ3) is 4.95. The Labute approximate surface area is 106 Å². The van der Waals surface area contributed by atoms with Crippen LogP contribution in [0.1, 0.15) is 58.6 Å². The fourth-order valence-corrected chi connectivity index (χ4v) is 2.45. The number of aromatic nitrogens is 1. The molecule has 0 saturated carbocycles. The van der Waals surface area contributed by atoms with Gasteiger partial charge in [0.1, 0.15) is 0 Å². The third-order valence-electron chi connectivity index (χ3n) is 3.12. The summed E-state index contributed by atoms with van der Waals surface area (Å²) in [6, 6.07) is 2.04. The Kier molecular flexibility index (Phi) is 5.76. The minimum Gasteiger partial charge on any atom is -0.388 e. The second-order valence-electron chi connectivity index (χ2n) is 5.68. The summed E-state index contributed by atoms with van der Waals surface area (Å²) >= 11 is 0. The summed E-state index contributed by atoms with van der Waals surface area (Å²) in [6.45, 7) is 9.98. The van der Waals surface area contributed by atoms with E-state index < -0.39 is 0 Å². The maximum absolute atomic E-state index is 9.90. The molecule has 0 spiro atoms. The van der Waals surface area contributed by atoms with Crippen LogP contribution >= 0.6 is 0 Å². The summed E-state index contributed by atoms with van der Waals surface area (Å²) in [6.07, 6.45) is 7.02. The lowest BCUT2D eigenvalue weighted by Gasteiger charge is -2.14. The Morgan fingerprint density at radius 3 is 2.59 bits per heavy atom. The van der Waals surface area contributed by atoms with E-state index in [0.29, 0.717) is 5.92 Å². The lowest BCUT2D eigenvalue weighted by atomic mass is 9.99. The maximum Gasteiger partial charge on any atom is 0.0804 e. The van der Waals surface area contributed by atoms with Gasteiger partial charge in [-0.25, -0.2) is 0 Å². The van der Waals surface area contributed by atoms with Crippen molar-refractivity contribution in [1.82, 2.24) is 4.57 Å². The van der Waals surface area contributed by atoms with Crippen LogP contribution in [0, 0.1) is 11.8 Å². The second kappa shape index (κ2) is 6.85. The predicted molar refractivity (Wildman–Crippen MR) is 72.9 cm³/mol. The van der Waals surface area contributed by atoms with Crippen molar-refractivity contribution in [2.75, 3.05) is 0 Å². The number of aliphatic hydroxyl groups is 1. The fraction of sp³-hybridized carbons (Fsp3) is 0.733. The number of hydrogen-bond acceptors (Lipinski definition) is 1. The van der Waals surface area contributed by atoms with E-state index in [4.69, 9.17) is 0 Å². The van der Waals surface area contributed by atoms with E-state index in [9.17, 15) is 5.11 Å². The van der Waals surface area contributed by atoms with Gasteiger partial charge in [0.2, 0.25) is 0 Å². The van der Waals surface area contributed by atoms with Gasteiger partial charge >= 0.3 is 0 Å². The molecular formula is C15H27NO. The Balaban J connectivity index is 2.50. The molecule has 0 bridgehead atoms. The van der Waals surface area contributed by atoms with Crippen LogP contribution in [0.25, 0.3) is 0 Å².